The van der Waals surface area contributed by atoms with Crippen molar-refractivity contribution in [1.82, 2.24) is 14.6 Å². The van der Waals surface area contributed by atoms with Crippen LogP contribution in [-0.4, -0.2) is 40.9 Å². The van der Waals surface area contributed by atoms with Gasteiger partial charge in [-0.15, -0.1) is 6.42 Å². The van der Waals surface area contributed by atoms with Crippen LogP contribution in [0.15, 0.2) is 30.6 Å². The van der Waals surface area contributed by atoms with E-state index in [1.54, 1.807) is 0 Å². The third kappa shape index (κ3) is 2.18. The number of carbonyl (C=O) groups is 1. The first-order valence-electron chi connectivity index (χ1n) is 7.85. The molecule has 22 heavy (non-hydrogen) atoms. The zero-order chi connectivity index (χ0) is 15.1. The van der Waals surface area contributed by atoms with Crippen LogP contribution in [0.3, 0.4) is 0 Å². The fourth-order valence-electron chi connectivity index (χ4n) is 3.75. The predicted molar refractivity (Wildman–Crippen MR) is 85.8 cm³/mol. The largest absolute Gasteiger partial charge is 0.348 e. The van der Waals surface area contributed by atoms with Crippen LogP contribution < -0.4 is 5.32 Å². The minimum absolute atomic E-state index is 0.0107. The van der Waals surface area contributed by atoms with Gasteiger partial charge < -0.3 is 14.6 Å². The molecule has 0 aliphatic carbocycles. The topological polar surface area (TPSA) is 36.8 Å². The van der Waals surface area contributed by atoms with Gasteiger partial charge in [-0.3, -0.25) is 4.79 Å². The number of fused-ring (bicyclic) bond motifs is 4. The predicted octanol–water partition coefficient (Wildman–Crippen LogP) is 1.74. The van der Waals surface area contributed by atoms with Crippen LogP contribution in [-0.2, 0) is 0 Å². The second-order valence-electron chi connectivity index (χ2n) is 6.30. The Balaban J connectivity index is 1.54. The number of terminal acetylenes is 1. The average molecular weight is 293 g/mol. The van der Waals surface area contributed by atoms with E-state index < -0.39 is 0 Å². The maximum atomic E-state index is 12.5. The molecule has 0 saturated carbocycles. The van der Waals surface area contributed by atoms with Crippen molar-refractivity contribution in [3.05, 3.63) is 41.7 Å². The van der Waals surface area contributed by atoms with Crippen LogP contribution in [0.5, 0.6) is 0 Å². The Bertz CT molecular complexity index is 762. The molecule has 112 valence electrons. The standard InChI is InChI=1S/C18H19N3O/c1-2-13-7-10-21-11-15(3-4-17(13)21)18(22)19-16-12-20-8-5-14(16)6-9-20/h1,3-4,7,10-11,14,16H,5-6,8-9,12H2,(H,19,22)/t16-/m0/s1. The van der Waals surface area contributed by atoms with Gasteiger partial charge in [0.05, 0.1) is 11.1 Å². The number of carbonyl (C=O) groups excluding carboxylic acids is 1. The van der Waals surface area contributed by atoms with Gasteiger partial charge in [-0.25, -0.2) is 0 Å². The summed E-state index contributed by atoms with van der Waals surface area (Å²) in [5.41, 5.74) is 2.49. The number of pyridine rings is 1. The van der Waals surface area contributed by atoms with E-state index >= 15 is 0 Å². The number of rotatable bonds is 2. The first-order chi connectivity index (χ1) is 10.7. The summed E-state index contributed by atoms with van der Waals surface area (Å²) in [5, 5.41) is 3.22. The summed E-state index contributed by atoms with van der Waals surface area (Å²) in [6.07, 6.45) is 11.6. The van der Waals surface area contributed by atoms with E-state index in [1.807, 2.05) is 35.0 Å². The maximum absolute atomic E-state index is 12.5. The Labute approximate surface area is 130 Å². The molecule has 1 amide bonds. The second-order valence-corrected chi connectivity index (χ2v) is 6.30. The van der Waals surface area contributed by atoms with Gasteiger partial charge in [-0.1, -0.05) is 5.92 Å². The molecular formula is C18H19N3O. The highest BCUT2D eigenvalue weighted by atomic mass is 16.1. The molecule has 5 rings (SSSR count). The third-order valence-electron chi connectivity index (χ3n) is 5.05. The first kappa shape index (κ1) is 13.4. The fourth-order valence-corrected chi connectivity index (χ4v) is 3.75. The molecule has 4 nitrogen and oxygen atoms in total. The van der Waals surface area contributed by atoms with Crippen molar-refractivity contribution in [2.45, 2.75) is 18.9 Å². The van der Waals surface area contributed by atoms with E-state index in [0.717, 1.165) is 17.6 Å². The van der Waals surface area contributed by atoms with Gasteiger partial charge >= 0.3 is 0 Å². The molecule has 3 aliphatic rings. The van der Waals surface area contributed by atoms with E-state index in [4.69, 9.17) is 6.42 Å². The molecule has 3 fully saturated rings. The number of hydrogen-bond acceptors (Lipinski definition) is 2. The zero-order valence-electron chi connectivity index (χ0n) is 12.5. The number of aromatic nitrogens is 1. The van der Waals surface area contributed by atoms with Crippen molar-refractivity contribution in [1.29, 1.82) is 0 Å². The van der Waals surface area contributed by atoms with Crippen molar-refractivity contribution in [2.24, 2.45) is 5.92 Å². The highest BCUT2D eigenvalue weighted by Crippen LogP contribution is 2.27. The number of hydrogen-bond donors (Lipinski definition) is 1. The Morgan fingerprint density at radius 1 is 1.27 bits per heavy atom. The first-order valence-corrected chi connectivity index (χ1v) is 7.85. The summed E-state index contributed by atoms with van der Waals surface area (Å²) >= 11 is 0. The van der Waals surface area contributed by atoms with Gasteiger partial charge in [0.15, 0.2) is 0 Å². The molecule has 0 spiro atoms. The van der Waals surface area contributed by atoms with Gasteiger partial charge in [-0.2, -0.15) is 0 Å². The van der Waals surface area contributed by atoms with Crippen molar-refractivity contribution in [3.8, 4) is 12.3 Å². The van der Waals surface area contributed by atoms with Gasteiger partial charge in [-0.05, 0) is 50.0 Å². The van der Waals surface area contributed by atoms with Crippen LogP contribution in [0.2, 0.25) is 0 Å². The second kappa shape index (κ2) is 5.19. The lowest BCUT2D eigenvalue weighted by atomic mass is 9.84. The molecular weight excluding hydrogens is 274 g/mol. The summed E-state index contributed by atoms with van der Waals surface area (Å²) < 4.78 is 1.92. The highest BCUT2D eigenvalue weighted by molar-refractivity contribution is 5.94. The summed E-state index contributed by atoms with van der Waals surface area (Å²) in [7, 11) is 0. The van der Waals surface area contributed by atoms with E-state index in [-0.39, 0.29) is 11.9 Å². The SMILES string of the molecule is C#Cc1ccn2cc(C(=O)N[C@H]3CN4CCC3CC4)ccc12. The van der Waals surface area contributed by atoms with Crippen molar-refractivity contribution < 1.29 is 4.79 Å². The summed E-state index contributed by atoms with van der Waals surface area (Å²) in [6, 6.07) is 5.95. The molecule has 4 heteroatoms. The van der Waals surface area contributed by atoms with E-state index in [9.17, 15) is 4.79 Å². The van der Waals surface area contributed by atoms with E-state index in [1.165, 1.54) is 25.9 Å². The maximum Gasteiger partial charge on any atom is 0.253 e. The van der Waals surface area contributed by atoms with Crippen LogP contribution in [0.4, 0.5) is 0 Å². The Kier molecular flexibility index (Phi) is 3.16. The monoisotopic (exact) mass is 293 g/mol. The van der Waals surface area contributed by atoms with Crippen LogP contribution >= 0.6 is 0 Å². The van der Waals surface area contributed by atoms with E-state index in [2.05, 4.69) is 16.1 Å². The highest BCUT2D eigenvalue weighted by Gasteiger charge is 2.34. The quantitative estimate of drug-likeness (QED) is 0.856. The Morgan fingerprint density at radius 3 is 2.77 bits per heavy atom. The molecule has 3 saturated heterocycles. The third-order valence-corrected chi connectivity index (χ3v) is 5.05. The van der Waals surface area contributed by atoms with Crippen molar-refractivity contribution >= 4 is 11.4 Å². The number of piperidine rings is 3. The molecule has 2 aromatic heterocycles. The fraction of sp³-hybridized carbons (Fsp3) is 0.389. The van der Waals surface area contributed by atoms with Crippen molar-refractivity contribution in [2.75, 3.05) is 19.6 Å². The Morgan fingerprint density at radius 2 is 2.09 bits per heavy atom. The number of amides is 1. The molecule has 1 N–H and O–H groups in total. The minimum atomic E-state index is 0.0107. The molecule has 2 bridgehead atoms. The molecule has 3 aliphatic heterocycles. The summed E-state index contributed by atoms with van der Waals surface area (Å²) in [4.78, 5) is 15.0. The number of nitrogens with zero attached hydrogens (tertiary/aromatic N) is 2. The molecule has 2 aromatic rings. The van der Waals surface area contributed by atoms with Gasteiger partial charge in [0.1, 0.15) is 0 Å². The average Bonchev–Trinajstić information content (AvgIpc) is 2.98. The summed E-state index contributed by atoms with van der Waals surface area (Å²) in [6.45, 7) is 3.35. The lowest BCUT2D eigenvalue weighted by molar-refractivity contribution is 0.0620. The Hall–Kier alpha value is -2.25. The van der Waals surface area contributed by atoms with Crippen LogP contribution in [0, 0.1) is 18.3 Å². The molecule has 1 atom stereocenters. The minimum Gasteiger partial charge on any atom is -0.348 e. The van der Waals surface area contributed by atoms with Gasteiger partial charge in [0.2, 0.25) is 0 Å². The zero-order valence-corrected chi connectivity index (χ0v) is 12.5. The summed E-state index contributed by atoms with van der Waals surface area (Å²) in [5.74, 6) is 3.30. The van der Waals surface area contributed by atoms with Gasteiger partial charge in [0, 0.05) is 30.5 Å². The van der Waals surface area contributed by atoms with Crippen LogP contribution in [0.25, 0.3) is 5.52 Å². The van der Waals surface area contributed by atoms with Crippen LogP contribution in [0.1, 0.15) is 28.8 Å². The van der Waals surface area contributed by atoms with Crippen molar-refractivity contribution in [3.63, 3.8) is 0 Å². The molecule has 5 heterocycles. The van der Waals surface area contributed by atoms with Gasteiger partial charge in [0.25, 0.3) is 5.91 Å². The molecule has 0 aromatic carbocycles. The number of nitrogens with one attached hydrogen (secondary N) is 1. The lowest BCUT2D eigenvalue weighted by Gasteiger charge is -2.44. The normalized spacial score (nSPS) is 26.8. The molecule has 0 unspecified atom stereocenters. The smallest absolute Gasteiger partial charge is 0.253 e. The lowest BCUT2D eigenvalue weighted by Crippen LogP contribution is -2.57. The van der Waals surface area contributed by atoms with E-state index in [0.29, 0.717) is 11.5 Å². The molecule has 0 radical (unpaired) electrons.